The monoisotopic (exact) mass is 474 g/mol. The average molecular weight is 474 g/mol. The smallest absolute Gasteiger partial charge is 0.279 e. The third kappa shape index (κ3) is 5.47. The van der Waals surface area contributed by atoms with Gasteiger partial charge < -0.3 is 10.1 Å². The van der Waals surface area contributed by atoms with E-state index in [1.165, 1.54) is 79.1 Å². The largest absolute Gasteiger partial charge is 0.497 e. The Labute approximate surface area is 200 Å². The highest BCUT2D eigenvalue weighted by Gasteiger charge is 2.34. The van der Waals surface area contributed by atoms with E-state index in [0.717, 1.165) is 0 Å². The zero-order valence-corrected chi connectivity index (χ0v) is 18.6. The van der Waals surface area contributed by atoms with Gasteiger partial charge in [0.05, 0.1) is 13.3 Å². The zero-order valence-electron chi connectivity index (χ0n) is 18.6. The lowest BCUT2D eigenvalue weighted by atomic mass is 10.0. The number of carbonyl (C=O) groups excluding carboxylic acids is 2. The van der Waals surface area contributed by atoms with Gasteiger partial charge in [-0.1, -0.05) is 12.1 Å². The van der Waals surface area contributed by atoms with Crippen molar-refractivity contribution in [1.82, 2.24) is 9.97 Å². The molecule has 0 fully saturated rings. The molecule has 1 heterocycles. The number of nitrogens with one attached hydrogen (secondary N) is 1. The molecule has 0 aliphatic heterocycles. The minimum atomic E-state index is -1.23. The molecule has 0 aliphatic rings. The Hall–Kier alpha value is -4.66. The van der Waals surface area contributed by atoms with E-state index in [0.29, 0.717) is 22.7 Å². The number of hydrogen-bond acceptors (Lipinski definition) is 5. The summed E-state index contributed by atoms with van der Waals surface area (Å²) in [4.78, 5) is 36.6. The third-order valence-electron chi connectivity index (χ3n) is 5.16. The van der Waals surface area contributed by atoms with Crippen molar-refractivity contribution in [1.29, 1.82) is 0 Å². The summed E-state index contributed by atoms with van der Waals surface area (Å²) in [6.07, 6.45) is 4.08. The molecule has 1 N–H and O–H groups in total. The predicted molar refractivity (Wildman–Crippen MR) is 126 cm³/mol. The highest BCUT2D eigenvalue weighted by atomic mass is 19.1. The van der Waals surface area contributed by atoms with Crippen molar-refractivity contribution in [3.05, 3.63) is 114 Å². The number of nitrogens with zero attached hydrogens (tertiary/aromatic N) is 3. The van der Waals surface area contributed by atoms with E-state index in [4.69, 9.17) is 4.74 Å². The Bertz CT molecular complexity index is 1300. The zero-order chi connectivity index (χ0) is 24.8. The molecule has 0 aliphatic carbocycles. The summed E-state index contributed by atoms with van der Waals surface area (Å²) in [5, 5.41) is 2.71. The van der Waals surface area contributed by atoms with E-state index in [-0.39, 0.29) is 5.69 Å². The normalized spacial score (nSPS) is 11.4. The molecule has 7 nitrogen and oxygen atoms in total. The van der Waals surface area contributed by atoms with Crippen LogP contribution in [0.4, 0.5) is 20.2 Å². The lowest BCUT2D eigenvalue weighted by Crippen LogP contribution is -2.42. The molecule has 2 amide bonds. The standard InChI is InChI=1S/C26H20F2N4O3/c1-35-22-12-10-21(11-13-22)32(26(34)23-16-29-14-15-30-23)24(17-2-4-18(27)5-3-17)25(33)31-20-8-6-19(28)7-9-20/h2-16,24H,1H3,(H,31,33)/t24-/m1/s1. The van der Waals surface area contributed by atoms with E-state index in [1.807, 2.05) is 0 Å². The van der Waals surface area contributed by atoms with E-state index in [1.54, 1.807) is 24.3 Å². The molecular formula is C26H20F2N4O3. The number of anilines is 2. The molecule has 9 heteroatoms. The number of hydrogen-bond donors (Lipinski definition) is 1. The van der Waals surface area contributed by atoms with Gasteiger partial charge in [-0.05, 0) is 66.2 Å². The van der Waals surface area contributed by atoms with Gasteiger partial charge in [0.2, 0.25) is 0 Å². The minimum absolute atomic E-state index is 0.00464. The summed E-state index contributed by atoms with van der Waals surface area (Å²) in [7, 11) is 1.51. The van der Waals surface area contributed by atoms with Gasteiger partial charge in [0.25, 0.3) is 11.8 Å². The Morgan fingerprint density at radius 2 is 1.51 bits per heavy atom. The van der Waals surface area contributed by atoms with Crippen LogP contribution in [0.25, 0.3) is 0 Å². The summed E-state index contributed by atoms with van der Waals surface area (Å²) in [6.45, 7) is 0. The van der Waals surface area contributed by atoms with Crippen LogP contribution in [0.5, 0.6) is 5.75 Å². The number of carbonyl (C=O) groups is 2. The molecule has 1 aromatic heterocycles. The summed E-state index contributed by atoms with van der Waals surface area (Å²) in [5.41, 5.74) is 1.04. The second kappa shape index (κ2) is 10.5. The van der Waals surface area contributed by atoms with Gasteiger partial charge >= 0.3 is 0 Å². The highest BCUT2D eigenvalue weighted by Crippen LogP contribution is 2.31. The van der Waals surface area contributed by atoms with Crippen molar-refractivity contribution in [3.63, 3.8) is 0 Å². The molecule has 176 valence electrons. The Kier molecular flexibility index (Phi) is 7.06. The van der Waals surface area contributed by atoms with Gasteiger partial charge in [-0.2, -0.15) is 0 Å². The maximum atomic E-state index is 13.7. The van der Waals surface area contributed by atoms with E-state index in [9.17, 15) is 18.4 Å². The molecule has 1 atom stereocenters. The van der Waals surface area contributed by atoms with Crippen molar-refractivity contribution in [3.8, 4) is 5.75 Å². The van der Waals surface area contributed by atoms with Crippen molar-refractivity contribution in [2.75, 3.05) is 17.3 Å². The molecule has 35 heavy (non-hydrogen) atoms. The van der Waals surface area contributed by atoms with Crippen LogP contribution in [-0.2, 0) is 4.79 Å². The first-order valence-electron chi connectivity index (χ1n) is 10.5. The van der Waals surface area contributed by atoms with Crippen LogP contribution in [0.15, 0.2) is 91.4 Å². The van der Waals surface area contributed by atoms with Gasteiger partial charge in [0.1, 0.15) is 29.1 Å². The molecule has 4 aromatic rings. The minimum Gasteiger partial charge on any atom is -0.497 e. The van der Waals surface area contributed by atoms with Crippen LogP contribution >= 0.6 is 0 Å². The van der Waals surface area contributed by atoms with Crippen LogP contribution in [0, 0.1) is 11.6 Å². The SMILES string of the molecule is COc1ccc(N(C(=O)c2cnccn2)[C@@H](C(=O)Nc2ccc(F)cc2)c2ccc(F)cc2)cc1. The highest BCUT2D eigenvalue weighted by molar-refractivity contribution is 6.11. The van der Waals surface area contributed by atoms with E-state index >= 15 is 0 Å². The second-order valence-corrected chi connectivity index (χ2v) is 7.41. The van der Waals surface area contributed by atoms with Gasteiger partial charge in [0.15, 0.2) is 0 Å². The van der Waals surface area contributed by atoms with Crippen molar-refractivity contribution >= 4 is 23.2 Å². The lowest BCUT2D eigenvalue weighted by molar-refractivity contribution is -0.117. The number of aromatic nitrogens is 2. The van der Waals surface area contributed by atoms with Crippen LogP contribution in [0.1, 0.15) is 22.1 Å². The predicted octanol–water partition coefficient (Wildman–Crippen LogP) is 4.79. The van der Waals surface area contributed by atoms with Crippen molar-refractivity contribution < 1.29 is 23.1 Å². The molecule has 0 bridgehead atoms. The first-order valence-corrected chi connectivity index (χ1v) is 10.5. The van der Waals surface area contributed by atoms with Gasteiger partial charge in [-0.15, -0.1) is 0 Å². The van der Waals surface area contributed by atoms with Crippen LogP contribution < -0.4 is 15.0 Å². The molecule has 0 saturated carbocycles. The number of halogens is 2. The van der Waals surface area contributed by atoms with E-state index < -0.39 is 29.5 Å². The van der Waals surface area contributed by atoms with Crippen LogP contribution in [-0.4, -0.2) is 28.9 Å². The van der Waals surface area contributed by atoms with Crippen molar-refractivity contribution in [2.24, 2.45) is 0 Å². The Balaban J connectivity index is 1.83. The van der Waals surface area contributed by atoms with Crippen LogP contribution in [0.2, 0.25) is 0 Å². The number of rotatable bonds is 7. The van der Waals surface area contributed by atoms with Crippen LogP contribution in [0.3, 0.4) is 0 Å². The number of benzene rings is 3. The molecule has 3 aromatic carbocycles. The summed E-state index contributed by atoms with van der Waals surface area (Å²) >= 11 is 0. The average Bonchev–Trinajstić information content (AvgIpc) is 2.89. The fourth-order valence-electron chi connectivity index (χ4n) is 3.47. The topological polar surface area (TPSA) is 84.4 Å². The molecule has 0 spiro atoms. The summed E-state index contributed by atoms with van der Waals surface area (Å²) in [6, 6.07) is 15.7. The number of amides is 2. The maximum absolute atomic E-state index is 13.7. The third-order valence-corrected chi connectivity index (χ3v) is 5.16. The summed E-state index contributed by atoms with van der Waals surface area (Å²) in [5.74, 6) is -1.61. The molecule has 4 rings (SSSR count). The first-order chi connectivity index (χ1) is 17.0. The van der Waals surface area contributed by atoms with Crippen molar-refractivity contribution in [2.45, 2.75) is 6.04 Å². The fourth-order valence-corrected chi connectivity index (χ4v) is 3.47. The molecule has 0 unspecified atom stereocenters. The molecule has 0 saturated heterocycles. The molecule has 0 radical (unpaired) electrons. The maximum Gasteiger partial charge on any atom is 0.279 e. The fraction of sp³-hybridized carbons (Fsp3) is 0.0769. The lowest BCUT2D eigenvalue weighted by Gasteiger charge is -2.31. The quantitative estimate of drug-likeness (QED) is 0.416. The van der Waals surface area contributed by atoms with Gasteiger partial charge in [-0.3, -0.25) is 19.5 Å². The molecular weight excluding hydrogens is 454 g/mol. The Morgan fingerprint density at radius 1 is 0.886 bits per heavy atom. The van der Waals surface area contributed by atoms with Gasteiger partial charge in [0, 0.05) is 23.8 Å². The number of methoxy groups -OCH3 is 1. The number of ether oxygens (including phenoxy) is 1. The first kappa shape index (κ1) is 23.5. The van der Waals surface area contributed by atoms with Gasteiger partial charge in [-0.25, -0.2) is 13.8 Å². The van der Waals surface area contributed by atoms with E-state index in [2.05, 4.69) is 15.3 Å². The summed E-state index contributed by atoms with van der Waals surface area (Å²) < 4.78 is 32.3. The second-order valence-electron chi connectivity index (χ2n) is 7.41. The Morgan fingerprint density at radius 3 is 2.09 bits per heavy atom.